The van der Waals surface area contributed by atoms with Crippen molar-refractivity contribution in [3.8, 4) is 5.75 Å². The Morgan fingerprint density at radius 1 is 1.25 bits per heavy atom. The van der Waals surface area contributed by atoms with E-state index in [9.17, 15) is 8.78 Å². The van der Waals surface area contributed by atoms with Gasteiger partial charge < -0.3 is 14.8 Å². The molecule has 0 bridgehead atoms. The summed E-state index contributed by atoms with van der Waals surface area (Å²) in [6.07, 6.45) is 4.50. The van der Waals surface area contributed by atoms with E-state index in [2.05, 4.69) is 10.1 Å². The van der Waals surface area contributed by atoms with Gasteiger partial charge in [-0.3, -0.25) is 0 Å². The van der Waals surface area contributed by atoms with Crippen LogP contribution in [-0.4, -0.2) is 25.3 Å². The van der Waals surface area contributed by atoms with Gasteiger partial charge in [0.15, 0.2) is 0 Å². The fourth-order valence-corrected chi connectivity index (χ4v) is 3.20. The molecule has 1 heterocycles. The summed E-state index contributed by atoms with van der Waals surface area (Å²) >= 11 is 0. The van der Waals surface area contributed by atoms with Crippen LogP contribution in [-0.2, 0) is 4.74 Å². The molecule has 3 rings (SSSR count). The number of rotatable bonds is 3. The Morgan fingerprint density at radius 2 is 2.00 bits per heavy atom. The number of morpholine rings is 1. The average Bonchev–Trinajstić information content (AvgIpc) is 2.88. The van der Waals surface area contributed by atoms with Gasteiger partial charge in [0.1, 0.15) is 5.75 Å². The van der Waals surface area contributed by atoms with Gasteiger partial charge in [-0.2, -0.15) is 8.78 Å². The number of nitrogens with one attached hydrogen (secondary N) is 1. The number of benzene rings is 1. The van der Waals surface area contributed by atoms with E-state index in [1.165, 1.54) is 12.8 Å². The number of hydrogen-bond donors (Lipinski definition) is 1. The van der Waals surface area contributed by atoms with Crippen molar-refractivity contribution in [1.82, 2.24) is 5.32 Å². The molecule has 5 heteroatoms. The molecule has 1 N–H and O–H groups in total. The third-order valence-corrected chi connectivity index (χ3v) is 4.27. The van der Waals surface area contributed by atoms with Crippen LogP contribution in [0.1, 0.15) is 37.4 Å². The molecule has 1 aliphatic heterocycles. The molecule has 1 aromatic carbocycles. The SMILES string of the molecule is FC(F)Oc1ccccc1C1CNC2(CCCC2)CO1. The quantitative estimate of drug-likeness (QED) is 0.923. The summed E-state index contributed by atoms with van der Waals surface area (Å²) in [6, 6.07) is 6.86. The smallest absolute Gasteiger partial charge is 0.387 e. The molecule has 1 spiro atoms. The fraction of sp³-hybridized carbons (Fsp3) is 0.600. The molecule has 2 fully saturated rings. The monoisotopic (exact) mass is 283 g/mol. The van der Waals surface area contributed by atoms with E-state index in [1.54, 1.807) is 18.2 Å². The molecule has 110 valence electrons. The molecule has 20 heavy (non-hydrogen) atoms. The summed E-state index contributed by atoms with van der Waals surface area (Å²) in [5.41, 5.74) is 0.794. The van der Waals surface area contributed by atoms with E-state index >= 15 is 0 Å². The lowest BCUT2D eigenvalue weighted by Crippen LogP contribution is -2.53. The lowest BCUT2D eigenvalue weighted by atomic mass is 9.95. The molecule has 0 amide bonds. The van der Waals surface area contributed by atoms with Crippen LogP contribution in [0.4, 0.5) is 8.78 Å². The van der Waals surface area contributed by atoms with E-state index in [4.69, 9.17) is 4.74 Å². The molecule has 0 aromatic heterocycles. The molecule has 1 saturated heterocycles. The zero-order valence-electron chi connectivity index (χ0n) is 11.3. The molecule has 3 nitrogen and oxygen atoms in total. The van der Waals surface area contributed by atoms with Gasteiger partial charge in [-0.05, 0) is 18.9 Å². The van der Waals surface area contributed by atoms with Gasteiger partial charge in [-0.15, -0.1) is 0 Å². The Hall–Kier alpha value is -1.20. The van der Waals surface area contributed by atoms with Crippen LogP contribution < -0.4 is 10.1 Å². The van der Waals surface area contributed by atoms with Gasteiger partial charge in [0.05, 0.1) is 12.7 Å². The van der Waals surface area contributed by atoms with Crippen molar-refractivity contribution < 1.29 is 18.3 Å². The largest absolute Gasteiger partial charge is 0.434 e. The average molecular weight is 283 g/mol. The lowest BCUT2D eigenvalue weighted by Gasteiger charge is -2.39. The van der Waals surface area contributed by atoms with E-state index in [-0.39, 0.29) is 17.4 Å². The van der Waals surface area contributed by atoms with Crippen molar-refractivity contribution >= 4 is 0 Å². The van der Waals surface area contributed by atoms with Crippen molar-refractivity contribution in [2.45, 2.75) is 43.9 Å². The molecule has 1 unspecified atom stereocenters. The molecule has 1 aliphatic carbocycles. The minimum Gasteiger partial charge on any atom is -0.434 e. The van der Waals surface area contributed by atoms with Gasteiger partial charge >= 0.3 is 6.61 Å². The summed E-state index contributed by atoms with van der Waals surface area (Å²) in [5.74, 6) is 0.205. The molecule has 0 radical (unpaired) electrons. The predicted molar refractivity (Wildman–Crippen MR) is 71.0 cm³/mol. The van der Waals surface area contributed by atoms with E-state index < -0.39 is 6.61 Å². The molecule has 1 atom stereocenters. The first-order valence-corrected chi connectivity index (χ1v) is 7.09. The molecule has 1 saturated carbocycles. The Bertz CT molecular complexity index is 451. The lowest BCUT2D eigenvalue weighted by molar-refractivity contribution is -0.0585. The molecular weight excluding hydrogens is 264 g/mol. The van der Waals surface area contributed by atoms with Crippen molar-refractivity contribution in [3.05, 3.63) is 29.8 Å². The second-order valence-electron chi connectivity index (χ2n) is 5.58. The zero-order valence-corrected chi connectivity index (χ0v) is 11.3. The topological polar surface area (TPSA) is 30.5 Å². The summed E-state index contributed by atoms with van der Waals surface area (Å²) < 4.78 is 35.4. The summed E-state index contributed by atoms with van der Waals surface area (Å²) in [5, 5.41) is 3.56. The van der Waals surface area contributed by atoms with Crippen LogP contribution in [0.15, 0.2) is 24.3 Å². The van der Waals surface area contributed by atoms with Crippen LogP contribution in [0.2, 0.25) is 0 Å². The van der Waals surface area contributed by atoms with Crippen molar-refractivity contribution in [2.75, 3.05) is 13.2 Å². The van der Waals surface area contributed by atoms with Crippen molar-refractivity contribution in [3.63, 3.8) is 0 Å². The van der Waals surface area contributed by atoms with Gasteiger partial charge in [0.25, 0.3) is 0 Å². The second kappa shape index (κ2) is 5.66. The van der Waals surface area contributed by atoms with E-state index in [0.29, 0.717) is 18.7 Å². The van der Waals surface area contributed by atoms with Gasteiger partial charge in [0.2, 0.25) is 0 Å². The zero-order chi connectivity index (χ0) is 14.0. The van der Waals surface area contributed by atoms with Crippen LogP contribution >= 0.6 is 0 Å². The minimum atomic E-state index is -2.81. The number of ether oxygens (including phenoxy) is 2. The Kier molecular flexibility index (Phi) is 3.89. The molecular formula is C15H19F2NO2. The van der Waals surface area contributed by atoms with Crippen LogP contribution in [0, 0.1) is 0 Å². The Balaban J connectivity index is 1.71. The Morgan fingerprint density at radius 3 is 2.65 bits per heavy atom. The van der Waals surface area contributed by atoms with Gasteiger partial charge in [0, 0.05) is 17.6 Å². The Labute approximate surface area is 117 Å². The van der Waals surface area contributed by atoms with Crippen molar-refractivity contribution in [2.24, 2.45) is 0 Å². The number of halogens is 2. The normalized spacial score (nSPS) is 25.2. The van der Waals surface area contributed by atoms with Crippen LogP contribution in [0.3, 0.4) is 0 Å². The number of alkyl halides is 2. The summed E-state index contributed by atoms with van der Waals surface area (Å²) in [4.78, 5) is 0. The van der Waals surface area contributed by atoms with E-state index in [0.717, 1.165) is 12.8 Å². The third kappa shape index (κ3) is 2.79. The minimum absolute atomic E-state index is 0.106. The first kappa shape index (κ1) is 13.8. The highest BCUT2D eigenvalue weighted by atomic mass is 19.3. The van der Waals surface area contributed by atoms with Crippen LogP contribution in [0.5, 0.6) is 5.75 Å². The predicted octanol–water partition coefficient (Wildman–Crippen LogP) is 3.26. The van der Waals surface area contributed by atoms with Gasteiger partial charge in [-0.1, -0.05) is 31.0 Å². The highest BCUT2D eigenvalue weighted by molar-refractivity contribution is 5.35. The highest BCUT2D eigenvalue weighted by Gasteiger charge is 2.38. The summed E-state index contributed by atoms with van der Waals surface area (Å²) in [6.45, 7) is -1.53. The maximum absolute atomic E-state index is 12.4. The molecule has 2 aliphatic rings. The highest BCUT2D eigenvalue weighted by Crippen LogP contribution is 2.37. The third-order valence-electron chi connectivity index (χ3n) is 4.27. The number of para-hydroxylation sites is 1. The second-order valence-corrected chi connectivity index (χ2v) is 5.58. The maximum atomic E-state index is 12.4. The fourth-order valence-electron chi connectivity index (χ4n) is 3.20. The molecule has 1 aromatic rings. The standard InChI is InChI=1S/C15H19F2NO2/c16-14(17)20-12-6-2-1-5-11(12)13-9-18-15(10-19-13)7-3-4-8-15/h1-2,5-6,13-14,18H,3-4,7-10H2. The van der Waals surface area contributed by atoms with Crippen molar-refractivity contribution in [1.29, 1.82) is 0 Å². The van der Waals surface area contributed by atoms with Crippen LogP contribution in [0.25, 0.3) is 0 Å². The first-order chi connectivity index (χ1) is 9.69. The first-order valence-electron chi connectivity index (χ1n) is 7.09. The van der Waals surface area contributed by atoms with Gasteiger partial charge in [-0.25, -0.2) is 0 Å². The number of hydrogen-bond acceptors (Lipinski definition) is 3. The van der Waals surface area contributed by atoms with E-state index in [1.807, 2.05) is 6.07 Å². The summed E-state index contributed by atoms with van der Waals surface area (Å²) in [7, 11) is 0. The maximum Gasteiger partial charge on any atom is 0.387 e.